The molecule has 0 aliphatic heterocycles. The van der Waals surface area contributed by atoms with Gasteiger partial charge in [0, 0.05) is 0 Å². The number of carbonyl (C=O) groups excluding carboxylic acids is 4. The molecular formula is C18H33N5O6. The summed E-state index contributed by atoms with van der Waals surface area (Å²) in [6, 6.07) is -3.23. The molecule has 11 nitrogen and oxygen atoms in total. The smallest absolute Gasteiger partial charge is 0.326 e. The Kier molecular flexibility index (Phi) is 11.5. The molecule has 0 saturated heterocycles. The lowest BCUT2D eigenvalue weighted by Gasteiger charge is -2.25. The van der Waals surface area contributed by atoms with Crippen LogP contribution in [-0.2, 0) is 24.0 Å². The Labute approximate surface area is 170 Å². The first-order chi connectivity index (χ1) is 13.4. The van der Waals surface area contributed by atoms with Crippen LogP contribution in [0.3, 0.4) is 0 Å². The minimum atomic E-state index is -1.19. The number of primary amides is 1. The van der Waals surface area contributed by atoms with Crippen molar-refractivity contribution in [1.29, 1.82) is 0 Å². The predicted molar refractivity (Wildman–Crippen MR) is 105 cm³/mol. The zero-order valence-electron chi connectivity index (χ0n) is 17.4. The van der Waals surface area contributed by atoms with Gasteiger partial charge in [0.15, 0.2) is 0 Å². The zero-order chi connectivity index (χ0) is 22.7. The fourth-order valence-corrected chi connectivity index (χ4v) is 2.49. The molecule has 0 aliphatic rings. The van der Waals surface area contributed by atoms with Gasteiger partial charge in [-0.2, -0.15) is 0 Å². The Morgan fingerprint density at radius 3 is 2.03 bits per heavy atom. The second-order valence-corrected chi connectivity index (χ2v) is 7.45. The van der Waals surface area contributed by atoms with Crippen LogP contribution in [0.1, 0.15) is 47.0 Å². The normalized spacial score (nSPS) is 15.0. The standard InChI is InChI=1S/C18H33N5O6/c1-5-10(4)15(23-16(26)11(19)7-13(20)24)17(27)21-8-14(25)22-12(18(28)29)6-9(2)3/h9-12,15H,5-8,19H2,1-4H3,(H2,20,24)(H,21,27)(H,22,25)(H,23,26)(H,28,29). The molecule has 166 valence electrons. The summed E-state index contributed by atoms with van der Waals surface area (Å²) >= 11 is 0. The molecule has 0 aromatic rings. The van der Waals surface area contributed by atoms with E-state index in [4.69, 9.17) is 16.6 Å². The topological polar surface area (TPSA) is 194 Å². The van der Waals surface area contributed by atoms with E-state index in [2.05, 4.69) is 16.0 Å². The average molecular weight is 415 g/mol. The summed E-state index contributed by atoms with van der Waals surface area (Å²) < 4.78 is 0. The van der Waals surface area contributed by atoms with E-state index < -0.39 is 54.3 Å². The van der Waals surface area contributed by atoms with E-state index in [1.165, 1.54) is 0 Å². The van der Waals surface area contributed by atoms with E-state index in [0.29, 0.717) is 6.42 Å². The number of carbonyl (C=O) groups is 5. The Morgan fingerprint density at radius 1 is 1.00 bits per heavy atom. The molecule has 0 aromatic heterocycles. The lowest BCUT2D eigenvalue weighted by atomic mass is 9.97. The minimum Gasteiger partial charge on any atom is -0.480 e. The van der Waals surface area contributed by atoms with Crippen molar-refractivity contribution in [3.8, 4) is 0 Å². The first kappa shape index (κ1) is 26.3. The summed E-state index contributed by atoms with van der Waals surface area (Å²) in [4.78, 5) is 58.7. The highest BCUT2D eigenvalue weighted by Gasteiger charge is 2.29. The van der Waals surface area contributed by atoms with E-state index in [9.17, 15) is 24.0 Å². The molecule has 0 fully saturated rings. The van der Waals surface area contributed by atoms with Gasteiger partial charge in [-0.1, -0.05) is 34.1 Å². The van der Waals surface area contributed by atoms with Gasteiger partial charge in [0.1, 0.15) is 12.1 Å². The third-order valence-corrected chi connectivity index (χ3v) is 4.31. The molecule has 4 unspecified atom stereocenters. The monoisotopic (exact) mass is 415 g/mol. The number of aliphatic carboxylic acids is 1. The van der Waals surface area contributed by atoms with Crippen LogP contribution in [-0.4, -0.2) is 59.4 Å². The van der Waals surface area contributed by atoms with Gasteiger partial charge in [-0.05, 0) is 18.3 Å². The second-order valence-electron chi connectivity index (χ2n) is 7.45. The van der Waals surface area contributed by atoms with Gasteiger partial charge in [0.05, 0.1) is 19.0 Å². The number of carboxylic acid groups (broad SMARTS) is 1. The third kappa shape index (κ3) is 10.4. The molecule has 0 heterocycles. The number of amides is 4. The highest BCUT2D eigenvalue weighted by Crippen LogP contribution is 2.09. The SMILES string of the molecule is CCC(C)C(NC(=O)C(N)CC(N)=O)C(=O)NCC(=O)NC(CC(C)C)C(=O)O. The summed E-state index contributed by atoms with van der Waals surface area (Å²) in [5.74, 6) is -4.13. The van der Waals surface area contributed by atoms with Crippen molar-refractivity contribution in [2.45, 2.75) is 65.1 Å². The van der Waals surface area contributed by atoms with Gasteiger partial charge < -0.3 is 32.5 Å². The lowest BCUT2D eigenvalue weighted by Crippen LogP contribution is -2.56. The zero-order valence-corrected chi connectivity index (χ0v) is 17.4. The molecule has 29 heavy (non-hydrogen) atoms. The van der Waals surface area contributed by atoms with Crippen LogP contribution >= 0.6 is 0 Å². The molecule has 0 radical (unpaired) electrons. The molecule has 4 amide bonds. The van der Waals surface area contributed by atoms with Gasteiger partial charge in [-0.25, -0.2) is 4.79 Å². The highest BCUT2D eigenvalue weighted by atomic mass is 16.4. The number of rotatable bonds is 13. The van der Waals surface area contributed by atoms with E-state index >= 15 is 0 Å². The first-order valence-corrected chi connectivity index (χ1v) is 9.53. The summed E-state index contributed by atoms with van der Waals surface area (Å²) in [5.41, 5.74) is 10.6. The van der Waals surface area contributed by atoms with Gasteiger partial charge in [0.25, 0.3) is 0 Å². The number of carboxylic acids is 1. The first-order valence-electron chi connectivity index (χ1n) is 9.53. The van der Waals surface area contributed by atoms with Crippen LogP contribution in [0.5, 0.6) is 0 Å². The van der Waals surface area contributed by atoms with Crippen LogP contribution in [0, 0.1) is 11.8 Å². The lowest BCUT2D eigenvalue weighted by molar-refractivity contribution is -0.142. The molecule has 0 aromatic carbocycles. The Morgan fingerprint density at radius 2 is 1.59 bits per heavy atom. The number of nitrogens with two attached hydrogens (primary N) is 2. The summed E-state index contributed by atoms with van der Waals surface area (Å²) in [6.45, 7) is 6.75. The van der Waals surface area contributed by atoms with E-state index in [1.54, 1.807) is 6.92 Å². The van der Waals surface area contributed by atoms with Crippen molar-refractivity contribution in [1.82, 2.24) is 16.0 Å². The van der Waals surface area contributed by atoms with Crippen LogP contribution in [0.15, 0.2) is 0 Å². The Bertz CT molecular complexity index is 610. The Hall–Kier alpha value is -2.69. The van der Waals surface area contributed by atoms with Crippen molar-refractivity contribution < 1.29 is 29.1 Å². The maximum Gasteiger partial charge on any atom is 0.326 e. The fraction of sp³-hybridized carbons (Fsp3) is 0.722. The summed E-state index contributed by atoms with van der Waals surface area (Å²) in [5, 5.41) is 16.4. The quantitative estimate of drug-likeness (QED) is 0.209. The summed E-state index contributed by atoms with van der Waals surface area (Å²) in [7, 11) is 0. The minimum absolute atomic E-state index is 0.0561. The molecular weight excluding hydrogens is 382 g/mol. The van der Waals surface area contributed by atoms with Crippen molar-refractivity contribution in [3.05, 3.63) is 0 Å². The molecule has 0 saturated carbocycles. The Balaban J connectivity index is 4.90. The summed E-state index contributed by atoms with van der Waals surface area (Å²) in [6.07, 6.45) is 0.429. The molecule has 0 rings (SSSR count). The van der Waals surface area contributed by atoms with Gasteiger partial charge in [-0.3, -0.25) is 19.2 Å². The highest BCUT2D eigenvalue weighted by molar-refractivity contribution is 5.94. The number of hydrogen-bond acceptors (Lipinski definition) is 6. The molecule has 0 spiro atoms. The van der Waals surface area contributed by atoms with Gasteiger partial charge >= 0.3 is 5.97 Å². The molecule has 8 N–H and O–H groups in total. The van der Waals surface area contributed by atoms with Crippen molar-refractivity contribution >= 4 is 29.6 Å². The average Bonchev–Trinajstić information content (AvgIpc) is 2.61. The fourth-order valence-electron chi connectivity index (χ4n) is 2.49. The van der Waals surface area contributed by atoms with Gasteiger partial charge in [-0.15, -0.1) is 0 Å². The number of nitrogens with one attached hydrogen (secondary N) is 3. The molecule has 4 atom stereocenters. The maximum atomic E-state index is 12.5. The van der Waals surface area contributed by atoms with Crippen molar-refractivity contribution in [3.63, 3.8) is 0 Å². The molecule has 11 heteroatoms. The number of hydrogen-bond donors (Lipinski definition) is 6. The van der Waals surface area contributed by atoms with Crippen LogP contribution in [0.25, 0.3) is 0 Å². The molecule has 0 bridgehead atoms. The van der Waals surface area contributed by atoms with E-state index in [-0.39, 0.29) is 24.7 Å². The maximum absolute atomic E-state index is 12.5. The van der Waals surface area contributed by atoms with Gasteiger partial charge in [0.2, 0.25) is 23.6 Å². The predicted octanol–water partition coefficient (Wildman–Crippen LogP) is -1.55. The largest absolute Gasteiger partial charge is 0.480 e. The molecule has 0 aliphatic carbocycles. The van der Waals surface area contributed by atoms with E-state index in [0.717, 1.165) is 0 Å². The van der Waals surface area contributed by atoms with Crippen LogP contribution in [0.4, 0.5) is 0 Å². The van der Waals surface area contributed by atoms with Crippen molar-refractivity contribution in [2.24, 2.45) is 23.3 Å². The van der Waals surface area contributed by atoms with Crippen molar-refractivity contribution in [2.75, 3.05) is 6.54 Å². The van der Waals surface area contributed by atoms with E-state index in [1.807, 2.05) is 20.8 Å². The second kappa shape index (κ2) is 12.7. The van der Waals surface area contributed by atoms with Crippen LogP contribution in [0.2, 0.25) is 0 Å². The van der Waals surface area contributed by atoms with Crippen LogP contribution < -0.4 is 27.4 Å². The third-order valence-electron chi connectivity index (χ3n) is 4.31.